The van der Waals surface area contributed by atoms with Crippen LogP contribution in [0.5, 0.6) is 5.75 Å². The molecule has 0 aromatic heterocycles. The van der Waals surface area contributed by atoms with Crippen molar-refractivity contribution in [3.05, 3.63) is 42.2 Å². The molecule has 0 fully saturated rings. The highest BCUT2D eigenvalue weighted by Gasteiger charge is 1.93. The number of benzene rings is 1. The second-order valence-corrected chi connectivity index (χ2v) is 2.75. The van der Waals surface area contributed by atoms with Gasteiger partial charge in [0, 0.05) is 6.07 Å². The molecule has 0 radical (unpaired) electrons. The number of aliphatic hydroxyl groups excluding tert-OH is 1. The fourth-order valence-electron chi connectivity index (χ4n) is 0.994. The lowest BCUT2D eigenvalue weighted by atomic mass is 10.3. The summed E-state index contributed by atoms with van der Waals surface area (Å²) in [6.45, 7) is 0.528. The van der Waals surface area contributed by atoms with E-state index in [2.05, 4.69) is 0 Å². The Hall–Kier alpha value is -1.35. The maximum atomic E-state index is 12.7. The van der Waals surface area contributed by atoms with E-state index in [1.165, 1.54) is 12.1 Å². The minimum atomic E-state index is -0.298. The van der Waals surface area contributed by atoms with Gasteiger partial charge in [-0.15, -0.1) is 0 Å². The molecule has 0 aliphatic carbocycles. The maximum Gasteiger partial charge on any atom is 0.126 e. The Morgan fingerprint density at radius 3 is 2.93 bits per heavy atom. The molecule has 0 atom stereocenters. The number of ether oxygens (including phenoxy) is 1. The van der Waals surface area contributed by atoms with Gasteiger partial charge in [-0.3, -0.25) is 0 Å². The van der Waals surface area contributed by atoms with Crippen molar-refractivity contribution >= 4 is 0 Å². The second-order valence-electron chi connectivity index (χ2n) is 2.75. The van der Waals surface area contributed by atoms with E-state index in [-0.39, 0.29) is 12.4 Å². The largest absolute Gasteiger partial charge is 0.493 e. The number of halogens is 1. The third-order valence-corrected chi connectivity index (χ3v) is 1.62. The summed E-state index contributed by atoms with van der Waals surface area (Å²) in [6, 6.07) is 6.03. The molecule has 1 aromatic rings. The summed E-state index contributed by atoms with van der Waals surface area (Å²) in [5.41, 5.74) is 0. The Morgan fingerprint density at radius 2 is 2.21 bits per heavy atom. The van der Waals surface area contributed by atoms with Crippen molar-refractivity contribution in [2.75, 3.05) is 13.2 Å². The van der Waals surface area contributed by atoms with E-state index in [0.717, 1.165) is 0 Å². The predicted molar refractivity (Wildman–Crippen MR) is 52.7 cm³/mol. The molecule has 1 rings (SSSR count). The minimum absolute atomic E-state index is 0.0416. The molecule has 0 unspecified atom stereocenters. The Labute approximate surface area is 82.6 Å². The van der Waals surface area contributed by atoms with Crippen molar-refractivity contribution in [2.24, 2.45) is 0 Å². The molecular weight excluding hydrogens is 183 g/mol. The Bertz CT molecular complexity index is 297. The summed E-state index contributed by atoms with van der Waals surface area (Å²) in [4.78, 5) is 0. The number of aliphatic hydroxyl groups is 1. The highest BCUT2D eigenvalue weighted by Crippen LogP contribution is 2.11. The molecule has 0 heterocycles. The van der Waals surface area contributed by atoms with Gasteiger partial charge in [-0.25, -0.2) is 4.39 Å². The van der Waals surface area contributed by atoms with Crippen LogP contribution in [-0.4, -0.2) is 18.3 Å². The molecule has 0 saturated heterocycles. The third-order valence-electron chi connectivity index (χ3n) is 1.62. The van der Waals surface area contributed by atoms with Crippen LogP contribution < -0.4 is 4.74 Å². The molecule has 0 saturated carbocycles. The molecule has 1 N–H and O–H groups in total. The molecule has 0 spiro atoms. The van der Waals surface area contributed by atoms with Crippen LogP contribution in [0.2, 0.25) is 0 Å². The first-order valence-electron chi connectivity index (χ1n) is 4.47. The van der Waals surface area contributed by atoms with E-state index in [4.69, 9.17) is 9.84 Å². The van der Waals surface area contributed by atoms with Crippen molar-refractivity contribution < 1.29 is 14.2 Å². The molecule has 0 bridgehead atoms. The maximum absolute atomic E-state index is 12.7. The van der Waals surface area contributed by atoms with E-state index in [1.807, 2.05) is 6.08 Å². The van der Waals surface area contributed by atoms with E-state index in [9.17, 15) is 4.39 Å². The standard InChI is InChI=1S/C11H13FO2/c12-10-5-4-6-11(9-10)14-8-3-1-2-7-13/h1-2,4-6,9,13H,3,7-8H2/b2-1+. The summed E-state index contributed by atoms with van der Waals surface area (Å²) in [5.74, 6) is 0.232. The zero-order valence-electron chi connectivity index (χ0n) is 7.82. The molecule has 14 heavy (non-hydrogen) atoms. The summed E-state index contributed by atoms with van der Waals surface area (Å²) in [5, 5.41) is 8.44. The van der Waals surface area contributed by atoms with Crippen LogP contribution in [0.15, 0.2) is 36.4 Å². The Balaban J connectivity index is 2.28. The quantitative estimate of drug-likeness (QED) is 0.577. The van der Waals surface area contributed by atoms with Crippen LogP contribution in [0.3, 0.4) is 0 Å². The predicted octanol–water partition coefficient (Wildman–Crippen LogP) is 2.14. The highest BCUT2D eigenvalue weighted by atomic mass is 19.1. The van der Waals surface area contributed by atoms with Crippen LogP contribution >= 0.6 is 0 Å². The van der Waals surface area contributed by atoms with E-state index in [1.54, 1.807) is 18.2 Å². The number of hydrogen-bond donors (Lipinski definition) is 1. The number of rotatable bonds is 5. The summed E-state index contributed by atoms with van der Waals surface area (Å²) in [6.07, 6.45) is 4.17. The van der Waals surface area contributed by atoms with E-state index < -0.39 is 0 Å². The van der Waals surface area contributed by atoms with Gasteiger partial charge in [0.15, 0.2) is 0 Å². The van der Waals surface area contributed by atoms with Crippen molar-refractivity contribution in [1.29, 1.82) is 0 Å². The van der Waals surface area contributed by atoms with Crippen LogP contribution in [0.25, 0.3) is 0 Å². The average Bonchev–Trinajstić information content (AvgIpc) is 2.18. The zero-order valence-corrected chi connectivity index (χ0v) is 7.82. The molecule has 76 valence electrons. The van der Waals surface area contributed by atoms with Crippen molar-refractivity contribution in [2.45, 2.75) is 6.42 Å². The Morgan fingerprint density at radius 1 is 1.36 bits per heavy atom. The summed E-state index contributed by atoms with van der Waals surface area (Å²) < 4.78 is 17.9. The van der Waals surface area contributed by atoms with Gasteiger partial charge in [0.2, 0.25) is 0 Å². The highest BCUT2D eigenvalue weighted by molar-refractivity contribution is 5.22. The van der Waals surface area contributed by atoms with Gasteiger partial charge in [0.05, 0.1) is 13.2 Å². The summed E-state index contributed by atoms with van der Waals surface area (Å²) in [7, 11) is 0. The van der Waals surface area contributed by atoms with Crippen LogP contribution in [-0.2, 0) is 0 Å². The minimum Gasteiger partial charge on any atom is -0.493 e. The van der Waals surface area contributed by atoms with Gasteiger partial charge < -0.3 is 9.84 Å². The monoisotopic (exact) mass is 196 g/mol. The van der Waals surface area contributed by atoms with Crippen molar-refractivity contribution in [3.63, 3.8) is 0 Å². The van der Waals surface area contributed by atoms with Crippen LogP contribution in [0, 0.1) is 5.82 Å². The van der Waals surface area contributed by atoms with Crippen LogP contribution in [0.1, 0.15) is 6.42 Å². The topological polar surface area (TPSA) is 29.5 Å². The molecule has 0 aliphatic rings. The first-order chi connectivity index (χ1) is 6.83. The molecule has 2 nitrogen and oxygen atoms in total. The van der Waals surface area contributed by atoms with Gasteiger partial charge in [-0.05, 0) is 18.6 Å². The lowest BCUT2D eigenvalue weighted by Crippen LogP contribution is -1.95. The number of hydrogen-bond acceptors (Lipinski definition) is 2. The van der Waals surface area contributed by atoms with Crippen LogP contribution in [0.4, 0.5) is 4.39 Å². The smallest absolute Gasteiger partial charge is 0.126 e. The molecule has 0 aliphatic heterocycles. The lowest BCUT2D eigenvalue weighted by molar-refractivity contribution is 0.321. The fraction of sp³-hybridized carbons (Fsp3) is 0.273. The SMILES string of the molecule is OC/C=C/CCOc1cccc(F)c1. The van der Waals surface area contributed by atoms with Gasteiger partial charge in [-0.2, -0.15) is 0 Å². The van der Waals surface area contributed by atoms with Crippen molar-refractivity contribution in [3.8, 4) is 5.75 Å². The molecule has 1 aromatic carbocycles. The zero-order chi connectivity index (χ0) is 10.2. The van der Waals surface area contributed by atoms with Crippen molar-refractivity contribution in [1.82, 2.24) is 0 Å². The first-order valence-corrected chi connectivity index (χ1v) is 4.47. The summed E-state index contributed by atoms with van der Waals surface area (Å²) >= 11 is 0. The van der Waals surface area contributed by atoms with E-state index in [0.29, 0.717) is 18.8 Å². The molecule has 0 amide bonds. The normalized spacial score (nSPS) is 10.7. The van der Waals surface area contributed by atoms with Gasteiger partial charge >= 0.3 is 0 Å². The second kappa shape index (κ2) is 6.16. The van der Waals surface area contributed by atoms with Gasteiger partial charge in [0.1, 0.15) is 11.6 Å². The first kappa shape index (κ1) is 10.7. The lowest BCUT2D eigenvalue weighted by Gasteiger charge is -2.03. The van der Waals surface area contributed by atoms with Gasteiger partial charge in [-0.1, -0.05) is 18.2 Å². The van der Waals surface area contributed by atoms with E-state index >= 15 is 0 Å². The fourth-order valence-corrected chi connectivity index (χ4v) is 0.994. The third kappa shape index (κ3) is 4.05. The van der Waals surface area contributed by atoms with Gasteiger partial charge in [0.25, 0.3) is 0 Å². The molecule has 3 heteroatoms. The average molecular weight is 196 g/mol. The molecular formula is C11H13FO2. The Kier molecular flexibility index (Phi) is 4.72.